The zero-order valence-corrected chi connectivity index (χ0v) is 17.3. The number of imidazole rings is 1. The van der Waals surface area contributed by atoms with Crippen LogP contribution in [0.3, 0.4) is 0 Å². The van der Waals surface area contributed by atoms with Crippen molar-refractivity contribution < 1.29 is 9.53 Å². The molecule has 8 heteroatoms. The van der Waals surface area contributed by atoms with Gasteiger partial charge in [-0.2, -0.15) is 5.26 Å². The minimum absolute atomic E-state index is 0.151. The van der Waals surface area contributed by atoms with E-state index in [-0.39, 0.29) is 17.8 Å². The van der Waals surface area contributed by atoms with Crippen molar-refractivity contribution in [2.45, 2.75) is 30.6 Å². The molecule has 148 valence electrons. The molecule has 0 saturated carbocycles. The van der Waals surface area contributed by atoms with Crippen molar-refractivity contribution in [3.05, 3.63) is 53.5 Å². The van der Waals surface area contributed by atoms with E-state index in [1.165, 1.54) is 23.1 Å². The Bertz CT molecular complexity index is 1020. The van der Waals surface area contributed by atoms with E-state index in [0.29, 0.717) is 10.6 Å². The number of carbonyl (C=O) groups is 1. The van der Waals surface area contributed by atoms with Gasteiger partial charge in [-0.15, -0.1) is 11.3 Å². The van der Waals surface area contributed by atoms with Crippen LogP contribution in [0.1, 0.15) is 18.4 Å². The molecule has 0 spiro atoms. The highest BCUT2D eigenvalue weighted by Gasteiger charge is 2.21. The number of thioether (sulfide) groups is 1. The van der Waals surface area contributed by atoms with Crippen LogP contribution in [0.15, 0.2) is 53.1 Å². The molecule has 1 aliphatic heterocycles. The second-order valence-electron chi connectivity index (χ2n) is 6.65. The Morgan fingerprint density at radius 3 is 3.00 bits per heavy atom. The van der Waals surface area contributed by atoms with Crippen LogP contribution in [0.25, 0.3) is 11.3 Å². The van der Waals surface area contributed by atoms with Crippen LogP contribution in [-0.2, 0) is 16.1 Å². The van der Waals surface area contributed by atoms with Crippen LogP contribution in [0.2, 0.25) is 0 Å². The molecule has 4 rings (SSSR count). The number of nitriles is 1. The summed E-state index contributed by atoms with van der Waals surface area (Å²) in [6.07, 6.45) is 4.14. The molecular formula is C21H20N4O2S2. The van der Waals surface area contributed by atoms with Gasteiger partial charge in [0.25, 0.3) is 0 Å². The zero-order valence-electron chi connectivity index (χ0n) is 15.7. The molecule has 1 aliphatic rings. The molecule has 3 aromatic rings. The molecule has 29 heavy (non-hydrogen) atoms. The molecule has 1 aromatic carbocycles. The second kappa shape index (κ2) is 9.27. The van der Waals surface area contributed by atoms with E-state index in [0.717, 1.165) is 42.4 Å². The van der Waals surface area contributed by atoms with Crippen molar-refractivity contribution in [1.82, 2.24) is 9.55 Å². The first kappa shape index (κ1) is 19.7. The maximum Gasteiger partial charge on any atom is 0.235 e. The summed E-state index contributed by atoms with van der Waals surface area (Å²) in [7, 11) is 0. The third-order valence-corrected chi connectivity index (χ3v) is 6.49. The Morgan fingerprint density at radius 2 is 2.24 bits per heavy atom. The minimum Gasteiger partial charge on any atom is -0.376 e. The largest absolute Gasteiger partial charge is 0.376 e. The lowest BCUT2D eigenvalue weighted by molar-refractivity contribution is -0.113. The number of hydrogen-bond donors (Lipinski definition) is 1. The van der Waals surface area contributed by atoms with Crippen LogP contribution >= 0.6 is 23.1 Å². The summed E-state index contributed by atoms with van der Waals surface area (Å²) >= 11 is 2.74. The van der Waals surface area contributed by atoms with Gasteiger partial charge in [-0.05, 0) is 29.9 Å². The van der Waals surface area contributed by atoms with E-state index in [1.807, 2.05) is 24.4 Å². The molecule has 1 N–H and O–H groups in total. The Hall–Kier alpha value is -2.60. The number of nitrogens with zero attached hydrogens (tertiary/aromatic N) is 3. The molecule has 1 atom stereocenters. The molecule has 2 aromatic heterocycles. The molecule has 0 bridgehead atoms. The smallest absolute Gasteiger partial charge is 0.235 e. The number of nitrogens with one attached hydrogen (secondary N) is 1. The fourth-order valence-electron chi connectivity index (χ4n) is 3.27. The van der Waals surface area contributed by atoms with Crippen LogP contribution in [0, 0.1) is 11.3 Å². The van der Waals surface area contributed by atoms with Gasteiger partial charge in [-0.25, -0.2) is 4.98 Å². The number of thiophene rings is 1. The first-order valence-electron chi connectivity index (χ1n) is 9.37. The van der Waals surface area contributed by atoms with Gasteiger partial charge < -0.3 is 14.6 Å². The fourth-order valence-corrected chi connectivity index (χ4v) is 4.81. The predicted molar refractivity (Wildman–Crippen MR) is 115 cm³/mol. The van der Waals surface area contributed by atoms with Gasteiger partial charge in [-0.3, -0.25) is 4.79 Å². The Morgan fingerprint density at radius 1 is 1.38 bits per heavy atom. The molecule has 3 heterocycles. The number of ether oxygens (including phenoxy) is 1. The highest BCUT2D eigenvalue weighted by Crippen LogP contribution is 2.29. The highest BCUT2D eigenvalue weighted by molar-refractivity contribution is 7.99. The summed E-state index contributed by atoms with van der Waals surface area (Å²) in [5.41, 5.74) is 2.60. The fraction of sp³-hybridized carbons (Fsp3) is 0.286. The van der Waals surface area contributed by atoms with Crippen LogP contribution in [0.5, 0.6) is 0 Å². The lowest BCUT2D eigenvalue weighted by atomic mass is 10.1. The van der Waals surface area contributed by atoms with Crippen molar-refractivity contribution in [1.29, 1.82) is 5.26 Å². The Balaban J connectivity index is 1.49. The topological polar surface area (TPSA) is 79.9 Å². The van der Waals surface area contributed by atoms with Gasteiger partial charge in [0, 0.05) is 6.61 Å². The number of carbonyl (C=O) groups excluding carboxylic acids is 1. The molecule has 0 aliphatic carbocycles. The average Bonchev–Trinajstić information content (AvgIpc) is 3.49. The third-order valence-electron chi connectivity index (χ3n) is 4.67. The monoisotopic (exact) mass is 424 g/mol. The summed E-state index contributed by atoms with van der Waals surface area (Å²) in [4.78, 5) is 17.0. The van der Waals surface area contributed by atoms with Crippen molar-refractivity contribution in [3.8, 4) is 17.3 Å². The Labute approximate surface area is 177 Å². The lowest BCUT2D eigenvalue weighted by Gasteiger charge is -2.16. The highest BCUT2D eigenvalue weighted by atomic mass is 32.2. The van der Waals surface area contributed by atoms with Gasteiger partial charge in [0.05, 0.1) is 35.9 Å². The number of benzene rings is 1. The molecule has 0 unspecified atom stereocenters. The first-order valence-corrected chi connectivity index (χ1v) is 11.2. The predicted octanol–water partition coefficient (Wildman–Crippen LogP) is 4.39. The molecule has 0 radical (unpaired) electrons. The van der Waals surface area contributed by atoms with Crippen LogP contribution in [-0.4, -0.2) is 33.9 Å². The van der Waals surface area contributed by atoms with Crippen molar-refractivity contribution in [3.63, 3.8) is 0 Å². The van der Waals surface area contributed by atoms with E-state index in [4.69, 9.17) is 10.00 Å². The van der Waals surface area contributed by atoms with Gasteiger partial charge in [0.1, 0.15) is 11.1 Å². The number of hydrogen-bond acceptors (Lipinski definition) is 6. The van der Waals surface area contributed by atoms with E-state index in [1.54, 1.807) is 11.4 Å². The van der Waals surface area contributed by atoms with Gasteiger partial charge in [0.2, 0.25) is 5.91 Å². The maximum absolute atomic E-state index is 12.4. The lowest BCUT2D eigenvalue weighted by Crippen LogP contribution is -2.18. The standard InChI is InChI=1S/C21H20N4O2S2/c22-11-16-8-10-28-20(16)24-19(26)14-29-21-23-12-18(15-5-2-1-3-6-15)25(21)13-17-7-4-9-27-17/h1-3,5-6,8,10,12,17H,4,7,9,13-14H2,(H,24,26)/t17-/m0/s1. The summed E-state index contributed by atoms with van der Waals surface area (Å²) in [5, 5.41) is 15.1. The second-order valence-corrected chi connectivity index (χ2v) is 8.51. The van der Waals surface area contributed by atoms with E-state index < -0.39 is 0 Å². The summed E-state index contributed by atoms with van der Waals surface area (Å²) < 4.78 is 7.97. The molecule has 1 fully saturated rings. The number of anilines is 1. The Kier molecular flexibility index (Phi) is 6.30. The number of amides is 1. The molecular weight excluding hydrogens is 404 g/mol. The van der Waals surface area contributed by atoms with E-state index >= 15 is 0 Å². The van der Waals surface area contributed by atoms with E-state index in [9.17, 15) is 4.79 Å². The summed E-state index contributed by atoms with van der Waals surface area (Å²) in [6, 6.07) is 13.9. The quantitative estimate of drug-likeness (QED) is 0.569. The van der Waals surface area contributed by atoms with Gasteiger partial charge in [-0.1, -0.05) is 42.1 Å². The zero-order chi connectivity index (χ0) is 20.1. The third kappa shape index (κ3) is 4.70. The number of rotatable bonds is 7. The van der Waals surface area contributed by atoms with Gasteiger partial charge in [0.15, 0.2) is 5.16 Å². The summed E-state index contributed by atoms with van der Waals surface area (Å²) in [6.45, 7) is 1.52. The van der Waals surface area contributed by atoms with Gasteiger partial charge >= 0.3 is 0 Å². The normalized spacial score (nSPS) is 15.9. The van der Waals surface area contributed by atoms with E-state index in [2.05, 4.69) is 33.1 Å². The van der Waals surface area contributed by atoms with Crippen molar-refractivity contribution in [2.24, 2.45) is 0 Å². The molecule has 6 nitrogen and oxygen atoms in total. The minimum atomic E-state index is -0.151. The van der Waals surface area contributed by atoms with Crippen molar-refractivity contribution in [2.75, 3.05) is 17.7 Å². The van der Waals surface area contributed by atoms with Crippen LogP contribution < -0.4 is 5.32 Å². The molecule has 1 saturated heterocycles. The average molecular weight is 425 g/mol. The van der Waals surface area contributed by atoms with Crippen molar-refractivity contribution >= 4 is 34.0 Å². The maximum atomic E-state index is 12.4. The SMILES string of the molecule is N#Cc1ccsc1NC(=O)CSc1ncc(-c2ccccc2)n1C[C@@H]1CCCO1. The first-order chi connectivity index (χ1) is 14.2. The molecule has 1 amide bonds. The summed E-state index contributed by atoms with van der Waals surface area (Å²) in [5.74, 6) is 0.0707. The number of aromatic nitrogens is 2. The van der Waals surface area contributed by atoms with Crippen LogP contribution in [0.4, 0.5) is 5.00 Å².